The first-order chi connectivity index (χ1) is 14.5. The maximum atomic E-state index is 12.7. The third-order valence-electron chi connectivity index (χ3n) is 4.75. The van der Waals surface area contributed by atoms with Gasteiger partial charge in [0.25, 0.3) is 5.91 Å². The van der Waals surface area contributed by atoms with Crippen LogP contribution in [0, 0.1) is 6.92 Å². The number of ether oxygens (including phenoxy) is 1. The van der Waals surface area contributed by atoms with Gasteiger partial charge in [0.05, 0.1) is 10.5 Å². The van der Waals surface area contributed by atoms with E-state index in [1.165, 1.54) is 18.2 Å². The Bertz CT molecular complexity index is 967. The fourth-order valence-corrected chi connectivity index (χ4v) is 4.42. The molecule has 6 heteroatoms. The van der Waals surface area contributed by atoms with Crippen molar-refractivity contribution < 1.29 is 14.3 Å². The second kappa shape index (κ2) is 10.5. The van der Waals surface area contributed by atoms with Crippen LogP contribution in [0.25, 0.3) is 6.08 Å². The van der Waals surface area contributed by atoms with Crippen LogP contribution in [0.3, 0.4) is 0 Å². The van der Waals surface area contributed by atoms with Crippen molar-refractivity contribution in [1.29, 1.82) is 0 Å². The highest BCUT2D eigenvalue weighted by atomic mass is 32.2. The molecule has 0 atom stereocenters. The quantitative estimate of drug-likeness (QED) is 0.166. The van der Waals surface area contributed by atoms with Gasteiger partial charge in [-0.3, -0.25) is 9.69 Å². The molecule has 0 aromatic heterocycles. The van der Waals surface area contributed by atoms with Crippen LogP contribution in [0.2, 0.25) is 0 Å². The third-order valence-corrected chi connectivity index (χ3v) is 6.13. The number of hydrogen-bond donors (Lipinski definition) is 0. The molecule has 156 valence electrons. The Morgan fingerprint density at radius 3 is 2.60 bits per heavy atom. The molecule has 2 aromatic carbocycles. The van der Waals surface area contributed by atoms with Crippen molar-refractivity contribution in [3.05, 3.63) is 70.1 Å². The van der Waals surface area contributed by atoms with E-state index in [0.717, 1.165) is 30.4 Å². The van der Waals surface area contributed by atoms with Gasteiger partial charge in [0.2, 0.25) is 0 Å². The first-order valence-corrected chi connectivity index (χ1v) is 11.3. The molecule has 1 aliphatic heterocycles. The highest BCUT2D eigenvalue weighted by Gasteiger charge is 2.31. The summed E-state index contributed by atoms with van der Waals surface area (Å²) in [5, 5.41) is 0. The van der Waals surface area contributed by atoms with E-state index >= 15 is 0 Å². The Kier molecular flexibility index (Phi) is 7.82. The summed E-state index contributed by atoms with van der Waals surface area (Å²) in [7, 11) is 0. The number of amides is 1. The monoisotopic (exact) mass is 439 g/mol. The van der Waals surface area contributed by atoms with E-state index in [2.05, 4.69) is 6.92 Å². The topological polar surface area (TPSA) is 46.6 Å². The van der Waals surface area contributed by atoms with Gasteiger partial charge in [-0.2, -0.15) is 0 Å². The number of thioether (sulfide) groups is 1. The van der Waals surface area contributed by atoms with Crippen molar-refractivity contribution in [1.82, 2.24) is 4.90 Å². The molecule has 2 aromatic rings. The zero-order chi connectivity index (χ0) is 21.5. The lowest BCUT2D eigenvalue weighted by Gasteiger charge is -2.13. The van der Waals surface area contributed by atoms with E-state index < -0.39 is 5.97 Å². The molecule has 0 saturated carbocycles. The van der Waals surface area contributed by atoms with Gasteiger partial charge in [-0.15, -0.1) is 0 Å². The van der Waals surface area contributed by atoms with Crippen molar-refractivity contribution >= 4 is 46.3 Å². The average molecular weight is 440 g/mol. The SMILES string of the molecule is CCCCCCN1C(=O)/C(=C\c2ccc(OC(=O)c3cccc(C)c3)cc2)SC1=S. The van der Waals surface area contributed by atoms with Crippen LogP contribution in [0.5, 0.6) is 5.75 Å². The minimum Gasteiger partial charge on any atom is -0.423 e. The number of thiocarbonyl (C=S) groups is 1. The number of nitrogens with zero attached hydrogens (tertiary/aromatic N) is 1. The van der Waals surface area contributed by atoms with E-state index in [0.29, 0.717) is 27.1 Å². The number of aryl methyl sites for hydroxylation is 1. The van der Waals surface area contributed by atoms with Crippen LogP contribution < -0.4 is 4.74 Å². The van der Waals surface area contributed by atoms with Gasteiger partial charge in [-0.05, 0) is 49.2 Å². The van der Waals surface area contributed by atoms with Gasteiger partial charge < -0.3 is 4.74 Å². The summed E-state index contributed by atoms with van der Waals surface area (Å²) in [6, 6.07) is 14.4. The molecule has 0 N–H and O–H groups in total. The van der Waals surface area contributed by atoms with Crippen LogP contribution in [-0.4, -0.2) is 27.6 Å². The normalized spacial score (nSPS) is 15.1. The maximum Gasteiger partial charge on any atom is 0.343 e. The Labute approximate surface area is 187 Å². The molecule has 3 rings (SSSR count). The summed E-state index contributed by atoms with van der Waals surface area (Å²) < 4.78 is 6.06. The Balaban J connectivity index is 1.62. The van der Waals surface area contributed by atoms with E-state index in [1.807, 2.05) is 37.3 Å². The molecule has 1 fully saturated rings. The zero-order valence-corrected chi connectivity index (χ0v) is 18.9. The van der Waals surface area contributed by atoms with Gasteiger partial charge in [0.15, 0.2) is 0 Å². The predicted octanol–water partition coefficient (Wildman–Crippen LogP) is 6.00. The summed E-state index contributed by atoms with van der Waals surface area (Å²) in [5.74, 6) is 0.0361. The lowest BCUT2D eigenvalue weighted by atomic mass is 10.1. The molecule has 0 aliphatic carbocycles. The first-order valence-electron chi connectivity index (χ1n) is 10.1. The number of hydrogen-bond acceptors (Lipinski definition) is 5. The van der Waals surface area contributed by atoms with E-state index in [1.54, 1.807) is 29.2 Å². The fourth-order valence-electron chi connectivity index (χ4n) is 3.11. The van der Waals surface area contributed by atoms with E-state index in [9.17, 15) is 9.59 Å². The molecule has 0 spiro atoms. The first kappa shape index (κ1) is 22.2. The largest absolute Gasteiger partial charge is 0.423 e. The van der Waals surface area contributed by atoms with Crippen molar-refractivity contribution in [2.24, 2.45) is 0 Å². The van der Waals surface area contributed by atoms with Crippen molar-refractivity contribution in [2.75, 3.05) is 6.54 Å². The molecular weight excluding hydrogens is 414 g/mol. The van der Waals surface area contributed by atoms with Crippen molar-refractivity contribution in [3.63, 3.8) is 0 Å². The predicted molar refractivity (Wildman–Crippen MR) is 127 cm³/mol. The number of carbonyl (C=O) groups is 2. The van der Waals surface area contributed by atoms with Gasteiger partial charge >= 0.3 is 5.97 Å². The smallest absolute Gasteiger partial charge is 0.343 e. The van der Waals surface area contributed by atoms with Crippen LogP contribution in [-0.2, 0) is 4.79 Å². The van der Waals surface area contributed by atoms with Crippen LogP contribution in [0.15, 0.2) is 53.4 Å². The van der Waals surface area contributed by atoms with Gasteiger partial charge in [0.1, 0.15) is 10.1 Å². The Morgan fingerprint density at radius 2 is 1.90 bits per heavy atom. The number of rotatable bonds is 8. The van der Waals surface area contributed by atoms with Gasteiger partial charge in [0, 0.05) is 6.54 Å². The number of unbranched alkanes of at least 4 members (excludes halogenated alkanes) is 3. The highest BCUT2D eigenvalue weighted by Crippen LogP contribution is 2.33. The summed E-state index contributed by atoms with van der Waals surface area (Å²) >= 11 is 6.72. The highest BCUT2D eigenvalue weighted by molar-refractivity contribution is 8.26. The summed E-state index contributed by atoms with van der Waals surface area (Å²) in [6.07, 6.45) is 6.24. The summed E-state index contributed by atoms with van der Waals surface area (Å²) in [5.41, 5.74) is 2.38. The standard InChI is InChI=1S/C24H25NO3S2/c1-3-4-5-6-14-25-22(26)21(30-24(25)29)16-18-10-12-20(13-11-18)28-23(27)19-9-7-8-17(2)15-19/h7-13,15-16H,3-6,14H2,1-2H3/b21-16+. The molecule has 1 heterocycles. The second-order valence-corrected chi connectivity index (χ2v) is 8.90. The Morgan fingerprint density at radius 1 is 1.13 bits per heavy atom. The molecule has 1 aliphatic rings. The molecule has 0 radical (unpaired) electrons. The summed E-state index contributed by atoms with van der Waals surface area (Å²) in [6.45, 7) is 4.77. The molecule has 1 saturated heterocycles. The van der Waals surface area contributed by atoms with Crippen molar-refractivity contribution in [3.8, 4) is 5.75 Å². The van der Waals surface area contributed by atoms with Crippen LogP contribution in [0.1, 0.15) is 54.1 Å². The van der Waals surface area contributed by atoms with E-state index in [-0.39, 0.29) is 5.91 Å². The molecule has 30 heavy (non-hydrogen) atoms. The zero-order valence-electron chi connectivity index (χ0n) is 17.2. The number of carbonyl (C=O) groups excluding carboxylic acids is 2. The summed E-state index contributed by atoms with van der Waals surface area (Å²) in [4.78, 5) is 27.3. The molecular formula is C24H25NO3S2. The Hall–Kier alpha value is -2.44. The molecule has 1 amide bonds. The van der Waals surface area contributed by atoms with Crippen molar-refractivity contribution in [2.45, 2.75) is 39.5 Å². The fraction of sp³-hybridized carbons (Fsp3) is 0.292. The van der Waals surface area contributed by atoms with Gasteiger partial charge in [-0.1, -0.05) is 80.0 Å². The molecule has 0 unspecified atom stereocenters. The maximum absolute atomic E-state index is 12.7. The minimum absolute atomic E-state index is 0.0311. The lowest BCUT2D eigenvalue weighted by molar-refractivity contribution is -0.122. The number of benzene rings is 2. The second-order valence-electron chi connectivity index (χ2n) is 7.22. The third kappa shape index (κ3) is 5.80. The van der Waals surface area contributed by atoms with Crippen LogP contribution in [0.4, 0.5) is 0 Å². The van der Waals surface area contributed by atoms with Gasteiger partial charge in [-0.25, -0.2) is 4.79 Å². The minimum atomic E-state index is -0.393. The molecule has 4 nitrogen and oxygen atoms in total. The lowest BCUT2D eigenvalue weighted by Crippen LogP contribution is -2.28. The van der Waals surface area contributed by atoms with E-state index in [4.69, 9.17) is 17.0 Å². The molecule has 0 bridgehead atoms. The number of esters is 1. The van der Waals surface area contributed by atoms with Crippen LogP contribution >= 0.6 is 24.0 Å². The average Bonchev–Trinajstić information content (AvgIpc) is 2.99.